The van der Waals surface area contributed by atoms with Gasteiger partial charge in [0.25, 0.3) is 11.1 Å². The first-order valence-corrected chi connectivity index (χ1v) is 20.9. The van der Waals surface area contributed by atoms with Crippen LogP contribution in [-0.4, -0.2) is 9.13 Å². The molecule has 0 aliphatic carbocycles. The van der Waals surface area contributed by atoms with Gasteiger partial charge in [-0.2, -0.15) is 0 Å². The fourth-order valence-electron chi connectivity index (χ4n) is 9.75. The summed E-state index contributed by atoms with van der Waals surface area (Å²) < 4.78 is 3.67. The summed E-state index contributed by atoms with van der Waals surface area (Å²) in [6, 6.07) is 74.9. The van der Waals surface area contributed by atoms with Crippen molar-refractivity contribution in [3.8, 4) is 44.8 Å². The lowest BCUT2D eigenvalue weighted by Gasteiger charge is -2.20. The first kappa shape index (κ1) is 35.6. The van der Waals surface area contributed by atoms with E-state index in [9.17, 15) is 9.59 Å². The van der Waals surface area contributed by atoms with Gasteiger partial charge in [0.05, 0.1) is 11.0 Å². The van der Waals surface area contributed by atoms with Crippen LogP contribution in [0.5, 0.6) is 0 Å². The predicted octanol–water partition coefficient (Wildman–Crippen LogP) is 13.9. The Morgan fingerprint density at radius 3 is 1.11 bits per heavy atom. The van der Waals surface area contributed by atoms with Crippen molar-refractivity contribution in [3.05, 3.63) is 239 Å². The van der Waals surface area contributed by atoms with Crippen LogP contribution in [-0.2, 0) is 0 Å². The Morgan fingerprint density at radius 2 is 0.597 bits per heavy atom. The van der Waals surface area contributed by atoms with E-state index in [-0.39, 0.29) is 11.1 Å². The Kier molecular flexibility index (Phi) is 8.12. The standard InChI is InChI=1S/C58H36N2O2/c61-57-48-26-14-10-22-43(48)50-34-39(29-32-53(50)59(57)41-18-6-2-7-19-41)38-28-31-47-52(35-38)56(46-25-13-12-24-45(46)55(47)37-16-4-1-5-17-37)40-30-33-54-51(36-40)44-23-11-15-27-49(44)58(62)60(54)42-20-8-3-9-21-42/h1-36H. The summed E-state index contributed by atoms with van der Waals surface area (Å²) in [5, 5.41) is 9.82. The molecule has 2 aromatic heterocycles. The summed E-state index contributed by atoms with van der Waals surface area (Å²) in [6.07, 6.45) is 0. The van der Waals surface area contributed by atoms with Gasteiger partial charge in [-0.1, -0.05) is 152 Å². The van der Waals surface area contributed by atoms with Gasteiger partial charge < -0.3 is 0 Å². The Hall–Kier alpha value is -8.34. The molecular formula is C58H36N2O2. The SMILES string of the molecule is O=c1c2ccccc2c2cc(-c3ccc4c(-c5ccccc5)c5ccccc5c(-c5ccc6c(c5)c5ccccc5c(=O)n6-c5ccccc5)c4c3)ccc2n1-c1ccccc1. The zero-order valence-electron chi connectivity index (χ0n) is 33.5. The van der Waals surface area contributed by atoms with Crippen molar-refractivity contribution in [2.75, 3.05) is 0 Å². The second-order valence-electron chi connectivity index (χ2n) is 15.9. The number of hydrogen-bond acceptors (Lipinski definition) is 2. The summed E-state index contributed by atoms with van der Waals surface area (Å²) >= 11 is 0. The van der Waals surface area contributed by atoms with Crippen LogP contribution in [0, 0.1) is 0 Å². The van der Waals surface area contributed by atoms with Gasteiger partial charge in [-0.3, -0.25) is 18.7 Å². The van der Waals surface area contributed by atoms with Crippen molar-refractivity contribution < 1.29 is 0 Å². The van der Waals surface area contributed by atoms with Crippen molar-refractivity contribution in [3.63, 3.8) is 0 Å². The highest BCUT2D eigenvalue weighted by Gasteiger charge is 2.20. The Labute approximate surface area is 356 Å². The van der Waals surface area contributed by atoms with E-state index in [1.165, 1.54) is 10.9 Å². The molecular weight excluding hydrogens is 757 g/mol. The quantitative estimate of drug-likeness (QED) is 0.129. The fraction of sp³-hybridized carbons (Fsp3) is 0. The molecule has 0 amide bonds. The minimum atomic E-state index is -0.0382. The van der Waals surface area contributed by atoms with Crippen molar-refractivity contribution in [2.24, 2.45) is 0 Å². The highest BCUT2D eigenvalue weighted by atomic mass is 16.1. The zero-order chi connectivity index (χ0) is 41.3. The smallest absolute Gasteiger partial charge is 0.263 e. The van der Waals surface area contributed by atoms with Gasteiger partial charge in [0.1, 0.15) is 0 Å². The van der Waals surface area contributed by atoms with Crippen molar-refractivity contribution >= 4 is 64.9 Å². The number of aromatic nitrogens is 2. The van der Waals surface area contributed by atoms with Gasteiger partial charge in [0, 0.05) is 32.9 Å². The highest BCUT2D eigenvalue weighted by Crippen LogP contribution is 2.46. The molecule has 0 aliphatic heterocycles. The van der Waals surface area contributed by atoms with Crippen LogP contribution in [0.3, 0.4) is 0 Å². The molecule has 0 N–H and O–H groups in total. The number of nitrogens with zero attached hydrogens (tertiary/aromatic N) is 2. The van der Waals surface area contributed by atoms with Crippen LogP contribution in [0.2, 0.25) is 0 Å². The maximum Gasteiger partial charge on any atom is 0.263 e. The molecule has 0 saturated heterocycles. The predicted molar refractivity (Wildman–Crippen MR) is 259 cm³/mol. The van der Waals surface area contributed by atoms with Gasteiger partial charge in [0.2, 0.25) is 0 Å². The molecule has 10 aromatic carbocycles. The van der Waals surface area contributed by atoms with Gasteiger partial charge in [0.15, 0.2) is 0 Å². The Balaban J connectivity index is 1.17. The number of benzene rings is 10. The highest BCUT2D eigenvalue weighted by molar-refractivity contribution is 6.23. The van der Waals surface area contributed by atoms with E-state index in [4.69, 9.17) is 0 Å². The van der Waals surface area contributed by atoms with E-state index in [1.807, 2.05) is 106 Å². The Bertz CT molecular complexity index is 3890. The molecule has 0 atom stereocenters. The van der Waals surface area contributed by atoms with Gasteiger partial charge in [-0.25, -0.2) is 0 Å². The van der Waals surface area contributed by atoms with Gasteiger partial charge in [-0.05, 0) is 132 Å². The van der Waals surface area contributed by atoms with E-state index < -0.39 is 0 Å². The fourth-order valence-corrected chi connectivity index (χ4v) is 9.75. The number of hydrogen-bond donors (Lipinski definition) is 0. The molecule has 0 aliphatic rings. The number of pyridine rings is 2. The summed E-state index contributed by atoms with van der Waals surface area (Å²) in [7, 11) is 0. The van der Waals surface area contributed by atoms with Gasteiger partial charge >= 0.3 is 0 Å². The number of fused-ring (bicyclic) bond motifs is 8. The zero-order valence-corrected chi connectivity index (χ0v) is 33.5. The number of para-hydroxylation sites is 2. The molecule has 12 aromatic rings. The average Bonchev–Trinajstić information content (AvgIpc) is 3.34. The minimum Gasteiger partial charge on any atom is -0.276 e. The lowest BCUT2D eigenvalue weighted by Crippen LogP contribution is -2.19. The van der Waals surface area contributed by atoms with Crippen molar-refractivity contribution in [2.45, 2.75) is 0 Å². The van der Waals surface area contributed by atoms with Crippen LogP contribution >= 0.6 is 0 Å². The molecule has 2 heterocycles. The van der Waals surface area contributed by atoms with E-state index in [0.29, 0.717) is 10.8 Å². The molecule has 62 heavy (non-hydrogen) atoms. The monoisotopic (exact) mass is 792 g/mol. The maximum absolute atomic E-state index is 14.2. The average molecular weight is 793 g/mol. The molecule has 0 bridgehead atoms. The van der Waals surface area contributed by atoms with Gasteiger partial charge in [-0.15, -0.1) is 0 Å². The summed E-state index contributed by atoms with van der Waals surface area (Å²) in [5.74, 6) is 0. The third-order valence-electron chi connectivity index (χ3n) is 12.5. The molecule has 4 heteroatoms. The van der Waals surface area contributed by atoms with Crippen LogP contribution in [0.15, 0.2) is 228 Å². The Morgan fingerprint density at radius 1 is 0.242 bits per heavy atom. The molecule has 0 unspecified atom stereocenters. The van der Waals surface area contributed by atoms with Crippen LogP contribution in [0.25, 0.3) is 110 Å². The lowest BCUT2D eigenvalue weighted by atomic mass is 9.84. The summed E-state index contributed by atoms with van der Waals surface area (Å²) in [6.45, 7) is 0. The second-order valence-corrected chi connectivity index (χ2v) is 15.9. The second kappa shape index (κ2) is 14.1. The van der Waals surface area contributed by atoms with E-state index in [2.05, 4.69) is 121 Å². The molecule has 0 saturated carbocycles. The van der Waals surface area contributed by atoms with Crippen LogP contribution in [0.4, 0.5) is 0 Å². The number of rotatable bonds is 5. The molecule has 0 spiro atoms. The molecule has 12 rings (SSSR count). The third-order valence-corrected chi connectivity index (χ3v) is 12.5. The molecule has 290 valence electrons. The lowest BCUT2D eigenvalue weighted by molar-refractivity contribution is 1.06. The van der Waals surface area contributed by atoms with E-state index in [1.54, 1.807) is 0 Å². The summed E-state index contributed by atoms with van der Waals surface area (Å²) in [5.41, 5.74) is 9.97. The molecule has 0 fully saturated rings. The molecule has 0 radical (unpaired) electrons. The maximum atomic E-state index is 14.2. The largest absolute Gasteiger partial charge is 0.276 e. The molecule has 4 nitrogen and oxygen atoms in total. The third kappa shape index (κ3) is 5.47. The van der Waals surface area contributed by atoms with E-state index in [0.717, 1.165) is 87.9 Å². The summed E-state index contributed by atoms with van der Waals surface area (Å²) in [4.78, 5) is 28.3. The van der Waals surface area contributed by atoms with Crippen LogP contribution in [0.1, 0.15) is 0 Å². The minimum absolute atomic E-state index is 0.0355. The van der Waals surface area contributed by atoms with E-state index >= 15 is 0 Å². The van der Waals surface area contributed by atoms with Crippen molar-refractivity contribution in [1.29, 1.82) is 0 Å². The topological polar surface area (TPSA) is 44.0 Å². The first-order valence-electron chi connectivity index (χ1n) is 20.9. The van der Waals surface area contributed by atoms with Crippen molar-refractivity contribution in [1.82, 2.24) is 9.13 Å². The van der Waals surface area contributed by atoms with Crippen LogP contribution < -0.4 is 11.1 Å². The normalized spacial score (nSPS) is 11.7. The first-order chi connectivity index (χ1) is 30.6.